The van der Waals surface area contributed by atoms with Gasteiger partial charge in [0.05, 0.1) is 9.47 Å². The van der Waals surface area contributed by atoms with E-state index in [1.165, 1.54) is 13.8 Å². The van der Waals surface area contributed by atoms with E-state index < -0.39 is 29.4 Å². The maximum absolute atomic E-state index is 12.4. The van der Waals surface area contributed by atoms with Crippen LogP contribution in [0.15, 0.2) is 29.3 Å². The number of likely N-dealkylation sites (N-methyl/N-ethyl adjacent to an activating group) is 1. The predicted octanol–water partition coefficient (Wildman–Crippen LogP) is 0.545. The first-order valence-corrected chi connectivity index (χ1v) is 9.30. The number of aliphatic imine (C=N–C) groups is 1. The Balaban J connectivity index is 2.61. The van der Waals surface area contributed by atoms with Crippen LogP contribution < -0.4 is 26.4 Å². The summed E-state index contributed by atoms with van der Waals surface area (Å²) in [5.41, 5.74) is 5.01. The fraction of sp³-hybridized carbons (Fsp3) is 0.444. The van der Waals surface area contributed by atoms with Gasteiger partial charge in [0.15, 0.2) is 5.96 Å². The lowest BCUT2D eigenvalue weighted by Crippen LogP contribution is -2.52. The quantitative estimate of drug-likeness (QED) is 0.148. The van der Waals surface area contributed by atoms with Gasteiger partial charge in [0.1, 0.15) is 17.3 Å². The second kappa shape index (κ2) is 11.3. The fourth-order valence-electron chi connectivity index (χ4n) is 2.24. The van der Waals surface area contributed by atoms with Gasteiger partial charge in [0, 0.05) is 19.2 Å². The number of hydrogen-bond acceptors (Lipinski definition) is 7. The van der Waals surface area contributed by atoms with Crippen molar-refractivity contribution in [3.63, 3.8) is 0 Å². The molecule has 0 saturated carbocycles. The number of esters is 1. The molecule has 0 aliphatic carbocycles. The van der Waals surface area contributed by atoms with Crippen LogP contribution in [0.5, 0.6) is 5.75 Å². The highest BCUT2D eigenvalue weighted by Crippen LogP contribution is 2.18. The van der Waals surface area contributed by atoms with Crippen LogP contribution >= 0.6 is 9.47 Å². The largest absolute Gasteiger partial charge is 0.450 e. The Hall–Kier alpha value is -2.71. The van der Waals surface area contributed by atoms with Crippen molar-refractivity contribution < 1.29 is 23.6 Å². The first-order valence-electron chi connectivity index (χ1n) is 8.83. The molecule has 0 spiro atoms. The van der Waals surface area contributed by atoms with Crippen molar-refractivity contribution in [1.29, 1.82) is 0 Å². The molecule has 160 valence electrons. The molecule has 0 aliphatic rings. The van der Waals surface area contributed by atoms with E-state index in [0.717, 1.165) is 0 Å². The van der Waals surface area contributed by atoms with Crippen LogP contribution in [-0.2, 0) is 18.9 Å². The fourth-order valence-corrected chi connectivity index (χ4v) is 2.41. The minimum absolute atomic E-state index is 0.0305. The SMILES string of the molecule is CN=C(N)Nc1ccc(OC(=O)C(C)(C)NC(=O)CCC(NC)C(=O)OP)cc1. The van der Waals surface area contributed by atoms with Crippen molar-refractivity contribution in [3.05, 3.63) is 24.3 Å². The summed E-state index contributed by atoms with van der Waals surface area (Å²) in [6.45, 7) is 3.07. The zero-order chi connectivity index (χ0) is 22.0. The number of anilines is 1. The van der Waals surface area contributed by atoms with Gasteiger partial charge in [0.2, 0.25) is 5.91 Å². The van der Waals surface area contributed by atoms with Crippen molar-refractivity contribution in [2.45, 2.75) is 38.3 Å². The number of nitrogens with two attached hydrogens (primary N) is 1. The molecule has 0 saturated heterocycles. The summed E-state index contributed by atoms with van der Waals surface area (Å²) in [5, 5.41) is 8.24. The van der Waals surface area contributed by atoms with Crippen LogP contribution in [-0.4, -0.2) is 49.5 Å². The maximum atomic E-state index is 12.4. The summed E-state index contributed by atoms with van der Waals surface area (Å²) < 4.78 is 9.91. The number of amides is 1. The smallest absolute Gasteiger partial charge is 0.336 e. The first kappa shape index (κ1) is 24.3. The van der Waals surface area contributed by atoms with Gasteiger partial charge in [-0.1, -0.05) is 0 Å². The molecule has 10 nitrogen and oxygen atoms in total. The summed E-state index contributed by atoms with van der Waals surface area (Å²) in [5.74, 6) is -0.944. The molecule has 1 aromatic rings. The summed E-state index contributed by atoms with van der Waals surface area (Å²) >= 11 is 0. The number of nitrogens with one attached hydrogen (secondary N) is 3. The van der Waals surface area contributed by atoms with Crippen molar-refractivity contribution in [2.75, 3.05) is 19.4 Å². The van der Waals surface area contributed by atoms with Crippen LogP contribution in [0, 0.1) is 0 Å². The molecule has 0 bridgehead atoms. The van der Waals surface area contributed by atoms with Gasteiger partial charge < -0.3 is 30.9 Å². The van der Waals surface area contributed by atoms with Gasteiger partial charge in [-0.2, -0.15) is 0 Å². The van der Waals surface area contributed by atoms with E-state index in [9.17, 15) is 14.4 Å². The normalized spacial score (nSPS) is 12.7. The molecular weight excluding hydrogens is 397 g/mol. The van der Waals surface area contributed by atoms with E-state index in [2.05, 4.69) is 25.5 Å². The Morgan fingerprint density at radius 1 is 1.24 bits per heavy atom. The van der Waals surface area contributed by atoms with E-state index in [-0.39, 0.29) is 18.8 Å². The highest BCUT2D eigenvalue weighted by atomic mass is 31.0. The van der Waals surface area contributed by atoms with E-state index in [1.54, 1.807) is 38.4 Å². The molecule has 0 heterocycles. The van der Waals surface area contributed by atoms with Gasteiger partial charge in [-0.25, -0.2) is 4.79 Å². The molecule has 1 aromatic carbocycles. The van der Waals surface area contributed by atoms with Crippen molar-refractivity contribution in [1.82, 2.24) is 10.6 Å². The molecule has 11 heteroatoms. The third kappa shape index (κ3) is 8.05. The molecular formula is C18H28N5O5P. The summed E-state index contributed by atoms with van der Waals surface area (Å²) in [6, 6.07) is 5.91. The Labute approximate surface area is 172 Å². The highest BCUT2D eigenvalue weighted by Gasteiger charge is 2.32. The molecule has 29 heavy (non-hydrogen) atoms. The van der Waals surface area contributed by atoms with Crippen LogP contribution in [0.25, 0.3) is 0 Å². The van der Waals surface area contributed by atoms with Crippen LogP contribution in [0.4, 0.5) is 5.69 Å². The Morgan fingerprint density at radius 3 is 2.38 bits per heavy atom. The monoisotopic (exact) mass is 425 g/mol. The Kier molecular flexibility index (Phi) is 9.50. The van der Waals surface area contributed by atoms with Crippen molar-refractivity contribution in [3.8, 4) is 5.75 Å². The van der Waals surface area contributed by atoms with E-state index >= 15 is 0 Å². The number of rotatable bonds is 9. The summed E-state index contributed by atoms with van der Waals surface area (Å²) in [6.07, 6.45) is 0.252. The molecule has 0 aliphatic heterocycles. The summed E-state index contributed by atoms with van der Waals surface area (Å²) in [7, 11) is 5.02. The molecule has 1 rings (SSSR count). The number of nitrogens with zero attached hydrogens (tertiary/aromatic N) is 1. The zero-order valence-corrected chi connectivity index (χ0v) is 18.1. The van der Waals surface area contributed by atoms with Gasteiger partial charge in [0.25, 0.3) is 0 Å². The van der Waals surface area contributed by atoms with E-state index in [1.807, 2.05) is 9.47 Å². The zero-order valence-electron chi connectivity index (χ0n) is 16.9. The van der Waals surface area contributed by atoms with Gasteiger partial charge in [-0.05, 0) is 51.6 Å². The van der Waals surface area contributed by atoms with E-state index in [4.69, 9.17) is 10.5 Å². The molecule has 2 atom stereocenters. The highest BCUT2D eigenvalue weighted by molar-refractivity contribution is 7.10. The Bertz CT molecular complexity index is 752. The molecule has 0 fully saturated rings. The first-order chi connectivity index (χ1) is 13.6. The number of carbonyl (C=O) groups is 3. The van der Waals surface area contributed by atoms with Crippen LogP contribution in [0.2, 0.25) is 0 Å². The van der Waals surface area contributed by atoms with Gasteiger partial charge >= 0.3 is 11.9 Å². The van der Waals surface area contributed by atoms with Crippen LogP contribution in [0.3, 0.4) is 0 Å². The van der Waals surface area contributed by atoms with Crippen molar-refractivity contribution in [2.24, 2.45) is 10.7 Å². The lowest BCUT2D eigenvalue weighted by molar-refractivity contribution is -0.143. The molecule has 2 unspecified atom stereocenters. The lowest BCUT2D eigenvalue weighted by atomic mass is 10.0. The molecule has 0 radical (unpaired) electrons. The maximum Gasteiger partial charge on any atom is 0.336 e. The minimum Gasteiger partial charge on any atom is -0.450 e. The van der Waals surface area contributed by atoms with E-state index in [0.29, 0.717) is 11.4 Å². The number of ether oxygens (including phenoxy) is 1. The standard InChI is InChI=1S/C18H28N5O5P/c1-18(2,23-14(24)10-9-13(20-3)15(25)28-29)16(26)27-12-7-5-11(6-8-12)22-17(19)21-4/h5-8,13,20H,9-10,29H2,1-4H3,(H,23,24)(H3,19,21,22). The van der Waals surface area contributed by atoms with Crippen LogP contribution in [0.1, 0.15) is 26.7 Å². The number of guanidine groups is 1. The number of hydrogen-bond donors (Lipinski definition) is 4. The summed E-state index contributed by atoms with van der Waals surface area (Å²) in [4.78, 5) is 39.9. The number of benzene rings is 1. The minimum atomic E-state index is -1.26. The third-order valence-electron chi connectivity index (χ3n) is 3.95. The lowest BCUT2D eigenvalue weighted by Gasteiger charge is -2.24. The number of carbonyl (C=O) groups excluding carboxylic acids is 3. The topological polar surface area (TPSA) is 144 Å². The predicted molar refractivity (Wildman–Crippen MR) is 113 cm³/mol. The Morgan fingerprint density at radius 2 is 1.86 bits per heavy atom. The molecule has 1 amide bonds. The molecule has 5 N–H and O–H groups in total. The average molecular weight is 425 g/mol. The van der Waals surface area contributed by atoms with Gasteiger partial charge in [-0.3, -0.25) is 14.6 Å². The second-order valence-corrected chi connectivity index (χ2v) is 6.87. The average Bonchev–Trinajstić information content (AvgIpc) is 2.69. The third-order valence-corrected chi connectivity index (χ3v) is 4.18. The van der Waals surface area contributed by atoms with Crippen molar-refractivity contribution >= 4 is 39.0 Å². The van der Waals surface area contributed by atoms with Gasteiger partial charge in [-0.15, -0.1) is 0 Å². The second-order valence-electron chi connectivity index (χ2n) is 6.64. The molecule has 0 aromatic heterocycles.